The van der Waals surface area contributed by atoms with Crippen LogP contribution in [0.2, 0.25) is 0 Å². The van der Waals surface area contributed by atoms with Crippen LogP contribution in [0, 0.1) is 11.8 Å². The molecule has 4 nitrogen and oxygen atoms in total. The highest BCUT2D eigenvalue weighted by Crippen LogP contribution is 2.16. The molecule has 104 valence electrons. The summed E-state index contributed by atoms with van der Waals surface area (Å²) in [6.45, 7) is 4.91. The average molecular weight is 327 g/mol. The van der Waals surface area contributed by atoms with Crippen molar-refractivity contribution in [3.8, 4) is 5.75 Å². The average Bonchev–Trinajstić information content (AvgIpc) is 2.34. The molecule has 2 N–H and O–H groups in total. The van der Waals surface area contributed by atoms with Gasteiger partial charge in [-0.15, -0.1) is 0 Å². The summed E-state index contributed by atoms with van der Waals surface area (Å²) in [4.78, 5) is 11.8. The van der Waals surface area contributed by atoms with Crippen molar-refractivity contribution >= 4 is 21.8 Å². The van der Waals surface area contributed by atoms with Gasteiger partial charge in [0, 0.05) is 10.4 Å². The molecule has 0 saturated carbocycles. The van der Waals surface area contributed by atoms with Gasteiger partial charge in [-0.3, -0.25) is 4.79 Å². The van der Waals surface area contributed by atoms with Crippen molar-refractivity contribution in [2.24, 2.45) is 11.8 Å². The Kier molecular flexibility index (Phi) is 5.22. The predicted molar refractivity (Wildman–Crippen MR) is 78.2 cm³/mol. The second-order valence-electron chi connectivity index (χ2n) is 4.80. The lowest BCUT2D eigenvalue weighted by atomic mass is 9.88. The number of ether oxygens (including phenoxy) is 1. The number of nitrogens with one attached hydrogen (secondary N) is 2. The zero-order valence-electron chi connectivity index (χ0n) is 11.0. The molecule has 0 aromatic heterocycles. The number of carbonyl (C=O) groups excluding carboxylic acids is 1. The van der Waals surface area contributed by atoms with E-state index in [1.54, 1.807) is 0 Å². The lowest BCUT2D eigenvalue weighted by Gasteiger charge is -2.31. The maximum absolute atomic E-state index is 11.8. The van der Waals surface area contributed by atoms with Crippen molar-refractivity contribution in [1.29, 1.82) is 0 Å². The van der Waals surface area contributed by atoms with E-state index in [2.05, 4.69) is 26.6 Å². The third-order valence-electron chi connectivity index (χ3n) is 3.42. The standard InChI is InChI=1S/C14H19BrN2O2/c1-10(11-8-16-9-11)14(18)17-6-7-19-13-4-2-12(15)3-5-13/h2-5,10-11,16H,6-9H2,1H3,(H,17,18). The topological polar surface area (TPSA) is 50.4 Å². The number of halogens is 1. The minimum Gasteiger partial charge on any atom is -0.492 e. The summed E-state index contributed by atoms with van der Waals surface area (Å²) in [5.74, 6) is 1.49. The first-order valence-electron chi connectivity index (χ1n) is 6.53. The van der Waals surface area contributed by atoms with Crippen LogP contribution in [0.4, 0.5) is 0 Å². The van der Waals surface area contributed by atoms with Crippen molar-refractivity contribution in [3.05, 3.63) is 28.7 Å². The first kappa shape index (κ1) is 14.3. The summed E-state index contributed by atoms with van der Waals surface area (Å²) < 4.78 is 6.57. The van der Waals surface area contributed by atoms with E-state index in [4.69, 9.17) is 4.74 Å². The molecule has 1 aliphatic rings. The highest BCUT2D eigenvalue weighted by molar-refractivity contribution is 9.10. The molecule has 1 aromatic carbocycles. The molecule has 1 atom stereocenters. The van der Waals surface area contributed by atoms with Crippen LogP contribution in [0.25, 0.3) is 0 Å². The fraction of sp³-hybridized carbons (Fsp3) is 0.500. The molecule has 2 rings (SSSR count). The van der Waals surface area contributed by atoms with Crippen molar-refractivity contribution < 1.29 is 9.53 Å². The van der Waals surface area contributed by atoms with E-state index in [-0.39, 0.29) is 11.8 Å². The number of hydrogen-bond donors (Lipinski definition) is 2. The minimum atomic E-state index is 0.0777. The van der Waals surface area contributed by atoms with Gasteiger partial charge < -0.3 is 15.4 Å². The Labute approximate surface area is 122 Å². The first-order valence-corrected chi connectivity index (χ1v) is 7.33. The van der Waals surface area contributed by atoms with Gasteiger partial charge in [0.05, 0.1) is 6.54 Å². The molecule has 0 bridgehead atoms. The Morgan fingerprint density at radius 3 is 2.74 bits per heavy atom. The van der Waals surface area contributed by atoms with Gasteiger partial charge in [0.15, 0.2) is 0 Å². The molecular formula is C14H19BrN2O2. The second-order valence-corrected chi connectivity index (χ2v) is 5.72. The molecule has 1 amide bonds. The Bertz CT molecular complexity index is 418. The Hall–Kier alpha value is -1.07. The summed E-state index contributed by atoms with van der Waals surface area (Å²) in [6, 6.07) is 7.66. The van der Waals surface area contributed by atoms with Gasteiger partial charge in [-0.2, -0.15) is 0 Å². The summed E-state index contributed by atoms with van der Waals surface area (Å²) in [5.41, 5.74) is 0. The maximum atomic E-state index is 11.8. The zero-order chi connectivity index (χ0) is 13.7. The van der Waals surface area contributed by atoms with Crippen LogP contribution < -0.4 is 15.4 Å². The van der Waals surface area contributed by atoms with Crippen LogP contribution in [0.5, 0.6) is 5.75 Å². The van der Waals surface area contributed by atoms with E-state index in [9.17, 15) is 4.79 Å². The van der Waals surface area contributed by atoms with Crippen LogP contribution in [0.15, 0.2) is 28.7 Å². The molecule has 0 aliphatic carbocycles. The van der Waals surface area contributed by atoms with E-state index in [1.807, 2.05) is 31.2 Å². The van der Waals surface area contributed by atoms with Gasteiger partial charge in [0.25, 0.3) is 0 Å². The quantitative estimate of drug-likeness (QED) is 0.784. The molecule has 5 heteroatoms. The third kappa shape index (κ3) is 4.21. The fourth-order valence-corrected chi connectivity index (χ4v) is 2.18. The van der Waals surface area contributed by atoms with Gasteiger partial charge in [0.1, 0.15) is 12.4 Å². The van der Waals surface area contributed by atoms with Gasteiger partial charge in [0.2, 0.25) is 5.91 Å². The monoisotopic (exact) mass is 326 g/mol. The lowest BCUT2D eigenvalue weighted by Crippen LogP contribution is -2.49. The number of amides is 1. The summed E-state index contributed by atoms with van der Waals surface area (Å²) in [7, 11) is 0. The number of carbonyl (C=O) groups is 1. The second kappa shape index (κ2) is 6.91. The minimum absolute atomic E-state index is 0.0777. The van der Waals surface area contributed by atoms with E-state index >= 15 is 0 Å². The van der Waals surface area contributed by atoms with E-state index in [0.717, 1.165) is 23.3 Å². The van der Waals surface area contributed by atoms with Crippen molar-refractivity contribution in [1.82, 2.24) is 10.6 Å². The Morgan fingerprint density at radius 1 is 1.47 bits per heavy atom. The first-order chi connectivity index (χ1) is 9.16. The molecular weight excluding hydrogens is 308 g/mol. The molecule has 0 spiro atoms. The zero-order valence-corrected chi connectivity index (χ0v) is 12.6. The summed E-state index contributed by atoms with van der Waals surface area (Å²) in [5, 5.41) is 6.09. The maximum Gasteiger partial charge on any atom is 0.223 e. The Balaban J connectivity index is 1.63. The van der Waals surface area contributed by atoms with Crippen molar-refractivity contribution in [3.63, 3.8) is 0 Å². The smallest absolute Gasteiger partial charge is 0.223 e. The number of hydrogen-bond acceptors (Lipinski definition) is 3. The molecule has 1 saturated heterocycles. The van der Waals surface area contributed by atoms with Crippen molar-refractivity contribution in [2.75, 3.05) is 26.2 Å². The largest absolute Gasteiger partial charge is 0.492 e. The van der Waals surface area contributed by atoms with Crippen LogP contribution in [-0.4, -0.2) is 32.1 Å². The third-order valence-corrected chi connectivity index (χ3v) is 3.95. The fourth-order valence-electron chi connectivity index (χ4n) is 1.91. The summed E-state index contributed by atoms with van der Waals surface area (Å²) in [6.07, 6.45) is 0. The van der Waals surface area contributed by atoms with Gasteiger partial charge in [-0.25, -0.2) is 0 Å². The van der Waals surface area contributed by atoms with Gasteiger partial charge in [-0.05, 0) is 43.3 Å². The van der Waals surface area contributed by atoms with Crippen LogP contribution in [-0.2, 0) is 4.79 Å². The number of rotatable bonds is 6. The van der Waals surface area contributed by atoms with Crippen LogP contribution in [0.3, 0.4) is 0 Å². The summed E-state index contributed by atoms with van der Waals surface area (Å²) >= 11 is 3.37. The Morgan fingerprint density at radius 2 is 2.16 bits per heavy atom. The molecule has 1 aliphatic heterocycles. The molecule has 0 radical (unpaired) electrons. The molecule has 1 unspecified atom stereocenters. The van der Waals surface area contributed by atoms with Crippen molar-refractivity contribution in [2.45, 2.75) is 6.92 Å². The highest BCUT2D eigenvalue weighted by atomic mass is 79.9. The van der Waals surface area contributed by atoms with Gasteiger partial charge in [-0.1, -0.05) is 22.9 Å². The van der Waals surface area contributed by atoms with Crippen LogP contribution in [0.1, 0.15) is 6.92 Å². The predicted octanol–water partition coefficient (Wildman–Crippen LogP) is 1.80. The van der Waals surface area contributed by atoms with E-state index in [1.165, 1.54) is 0 Å². The molecule has 1 aromatic rings. The molecule has 19 heavy (non-hydrogen) atoms. The SMILES string of the molecule is CC(C(=O)NCCOc1ccc(Br)cc1)C1CNC1. The van der Waals surface area contributed by atoms with Gasteiger partial charge >= 0.3 is 0 Å². The molecule has 1 fully saturated rings. The molecule has 1 heterocycles. The van der Waals surface area contributed by atoms with Crippen LogP contribution >= 0.6 is 15.9 Å². The lowest BCUT2D eigenvalue weighted by molar-refractivity contribution is -0.126. The highest BCUT2D eigenvalue weighted by Gasteiger charge is 2.28. The number of benzene rings is 1. The van der Waals surface area contributed by atoms with E-state index < -0.39 is 0 Å². The van der Waals surface area contributed by atoms with E-state index in [0.29, 0.717) is 19.1 Å². The normalized spacial score (nSPS) is 16.5.